The van der Waals surface area contributed by atoms with Crippen LogP contribution in [-0.4, -0.2) is 10.9 Å². The molecule has 0 aliphatic carbocycles. The number of ketones is 1. The molecule has 1 N–H and O–H groups in total. The Labute approximate surface area is 141 Å². The Balaban J connectivity index is 1.62. The molecule has 1 atom stereocenters. The number of aliphatic hydroxyl groups is 1. The minimum atomic E-state index is -0.961. The number of benzene rings is 3. The van der Waals surface area contributed by atoms with Crippen LogP contribution >= 0.6 is 0 Å². The summed E-state index contributed by atoms with van der Waals surface area (Å²) in [6, 6.07) is 25.6. The van der Waals surface area contributed by atoms with Gasteiger partial charge in [0.15, 0.2) is 12.1 Å². The van der Waals surface area contributed by atoms with E-state index in [1.807, 2.05) is 60.7 Å². The quantitative estimate of drug-likeness (QED) is 0.549. The van der Waals surface area contributed by atoms with Crippen LogP contribution in [0.1, 0.15) is 33.3 Å². The van der Waals surface area contributed by atoms with Crippen LogP contribution in [-0.2, 0) is 11.3 Å². The molecule has 0 heterocycles. The summed E-state index contributed by atoms with van der Waals surface area (Å²) in [7, 11) is 0. The molecule has 0 radical (unpaired) electrons. The predicted octanol–water partition coefficient (Wildman–Crippen LogP) is 4.13. The lowest BCUT2D eigenvalue weighted by atomic mass is 10.0. The van der Waals surface area contributed by atoms with E-state index < -0.39 is 6.29 Å². The minimum absolute atomic E-state index is 0.00705. The van der Waals surface area contributed by atoms with Gasteiger partial charge in [-0.1, -0.05) is 84.9 Å². The van der Waals surface area contributed by atoms with E-state index in [1.54, 1.807) is 24.3 Å². The Morgan fingerprint density at radius 2 is 1.33 bits per heavy atom. The van der Waals surface area contributed by atoms with Gasteiger partial charge in [0.1, 0.15) is 0 Å². The molecule has 3 aromatic rings. The molecule has 0 aliphatic heterocycles. The highest BCUT2D eigenvalue weighted by atomic mass is 16.6. The maximum atomic E-state index is 12.3. The van der Waals surface area contributed by atoms with Crippen LogP contribution in [0.5, 0.6) is 0 Å². The van der Waals surface area contributed by atoms with Crippen molar-refractivity contribution in [3.8, 4) is 0 Å². The van der Waals surface area contributed by atoms with E-state index in [9.17, 15) is 9.90 Å². The molecule has 0 spiro atoms. The average molecular weight is 318 g/mol. The topological polar surface area (TPSA) is 46.5 Å². The summed E-state index contributed by atoms with van der Waals surface area (Å²) >= 11 is 0. The number of hydrogen-bond donors (Lipinski definition) is 1. The molecular weight excluding hydrogens is 300 g/mol. The maximum Gasteiger partial charge on any atom is 0.193 e. The van der Waals surface area contributed by atoms with Crippen LogP contribution in [0.3, 0.4) is 0 Å². The summed E-state index contributed by atoms with van der Waals surface area (Å²) in [4.78, 5) is 12.3. The second-order valence-corrected chi connectivity index (χ2v) is 5.47. The third-order valence-electron chi connectivity index (χ3n) is 3.74. The minimum Gasteiger partial charge on any atom is -0.364 e. The molecule has 3 heteroatoms. The zero-order valence-electron chi connectivity index (χ0n) is 13.1. The van der Waals surface area contributed by atoms with Crippen molar-refractivity contribution in [3.05, 3.63) is 107 Å². The Morgan fingerprint density at radius 1 is 0.792 bits per heavy atom. The summed E-state index contributed by atoms with van der Waals surface area (Å²) in [5.74, 6) is -0.00705. The zero-order chi connectivity index (χ0) is 16.8. The molecule has 0 fully saturated rings. The largest absolute Gasteiger partial charge is 0.364 e. The number of ether oxygens (including phenoxy) is 1. The van der Waals surface area contributed by atoms with Gasteiger partial charge in [-0.05, 0) is 5.56 Å². The van der Waals surface area contributed by atoms with Gasteiger partial charge in [-0.3, -0.25) is 4.79 Å². The second kappa shape index (κ2) is 7.68. The first-order valence-corrected chi connectivity index (χ1v) is 7.77. The summed E-state index contributed by atoms with van der Waals surface area (Å²) in [5, 5.41) is 10.00. The third-order valence-corrected chi connectivity index (χ3v) is 3.74. The van der Waals surface area contributed by atoms with Gasteiger partial charge in [0.05, 0.1) is 6.61 Å². The Hall–Kier alpha value is -2.75. The Kier molecular flexibility index (Phi) is 5.16. The fraction of sp³-hybridized carbons (Fsp3) is 0.0952. The average Bonchev–Trinajstić information content (AvgIpc) is 2.67. The van der Waals surface area contributed by atoms with Crippen LogP contribution < -0.4 is 0 Å². The van der Waals surface area contributed by atoms with Gasteiger partial charge in [-0.2, -0.15) is 0 Å². The van der Waals surface area contributed by atoms with Crippen molar-refractivity contribution in [1.82, 2.24) is 0 Å². The lowest BCUT2D eigenvalue weighted by Crippen LogP contribution is -2.04. The molecule has 24 heavy (non-hydrogen) atoms. The molecule has 3 rings (SSSR count). The first-order chi connectivity index (χ1) is 11.7. The monoisotopic (exact) mass is 318 g/mol. The van der Waals surface area contributed by atoms with Crippen molar-refractivity contribution >= 4 is 5.78 Å². The highest BCUT2D eigenvalue weighted by Gasteiger charge is 2.10. The summed E-state index contributed by atoms with van der Waals surface area (Å²) in [5.41, 5.74) is 2.91. The SMILES string of the molecule is O=C(c1ccccc1)c1ccc(COC(O)c2ccccc2)cc1. The molecule has 3 aromatic carbocycles. The van der Waals surface area contributed by atoms with Gasteiger partial charge < -0.3 is 9.84 Å². The van der Waals surface area contributed by atoms with Gasteiger partial charge in [-0.15, -0.1) is 0 Å². The van der Waals surface area contributed by atoms with Crippen LogP contribution in [0.15, 0.2) is 84.9 Å². The van der Waals surface area contributed by atoms with Gasteiger partial charge in [0, 0.05) is 16.7 Å². The standard InChI is InChI=1S/C21H18O3/c22-20(17-7-3-1-4-8-17)18-13-11-16(12-14-18)15-24-21(23)19-9-5-2-6-10-19/h1-14,21,23H,15H2. The molecule has 0 aromatic heterocycles. The number of carbonyl (C=O) groups excluding carboxylic acids is 1. The van der Waals surface area contributed by atoms with Gasteiger partial charge in [0.2, 0.25) is 0 Å². The Morgan fingerprint density at radius 3 is 1.96 bits per heavy atom. The van der Waals surface area contributed by atoms with E-state index in [1.165, 1.54) is 0 Å². The Bertz CT molecular complexity index is 780. The van der Waals surface area contributed by atoms with Crippen molar-refractivity contribution in [3.63, 3.8) is 0 Å². The summed E-state index contributed by atoms with van der Waals surface area (Å²) in [6.07, 6.45) is -0.961. The van der Waals surface area contributed by atoms with Crippen molar-refractivity contribution in [1.29, 1.82) is 0 Å². The van der Waals surface area contributed by atoms with Crippen LogP contribution in [0.4, 0.5) is 0 Å². The molecule has 0 saturated heterocycles. The highest BCUT2D eigenvalue weighted by Crippen LogP contribution is 2.17. The smallest absolute Gasteiger partial charge is 0.193 e. The molecule has 0 aliphatic rings. The molecule has 120 valence electrons. The molecule has 0 amide bonds. The number of aliphatic hydroxyl groups excluding tert-OH is 1. The normalized spacial score (nSPS) is 11.9. The predicted molar refractivity (Wildman–Crippen MR) is 92.5 cm³/mol. The van der Waals surface area contributed by atoms with Crippen molar-refractivity contribution in [2.24, 2.45) is 0 Å². The molecule has 0 saturated carbocycles. The summed E-state index contributed by atoms with van der Waals surface area (Å²) < 4.78 is 5.47. The first kappa shape index (κ1) is 16.1. The molecule has 0 bridgehead atoms. The maximum absolute atomic E-state index is 12.3. The first-order valence-electron chi connectivity index (χ1n) is 7.77. The van der Waals surface area contributed by atoms with E-state index in [2.05, 4.69) is 0 Å². The third kappa shape index (κ3) is 3.96. The van der Waals surface area contributed by atoms with Crippen LogP contribution in [0.2, 0.25) is 0 Å². The van der Waals surface area contributed by atoms with Crippen molar-refractivity contribution in [2.75, 3.05) is 0 Å². The lowest BCUT2D eigenvalue weighted by molar-refractivity contribution is -0.111. The van der Waals surface area contributed by atoms with Gasteiger partial charge >= 0.3 is 0 Å². The molecular formula is C21H18O3. The number of rotatable bonds is 6. The second-order valence-electron chi connectivity index (χ2n) is 5.47. The molecule has 3 nitrogen and oxygen atoms in total. The highest BCUT2D eigenvalue weighted by molar-refractivity contribution is 6.08. The van der Waals surface area contributed by atoms with Crippen LogP contribution in [0, 0.1) is 0 Å². The van der Waals surface area contributed by atoms with E-state index in [4.69, 9.17) is 4.74 Å². The van der Waals surface area contributed by atoms with Gasteiger partial charge in [0.25, 0.3) is 0 Å². The fourth-order valence-corrected chi connectivity index (χ4v) is 2.40. The summed E-state index contributed by atoms with van der Waals surface area (Å²) in [6.45, 7) is 0.274. The van der Waals surface area contributed by atoms with Crippen molar-refractivity contribution < 1.29 is 14.6 Å². The van der Waals surface area contributed by atoms with Crippen molar-refractivity contribution in [2.45, 2.75) is 12.9 Å². The van der Waals surface area contributed by atoms with E-state index in [0.29, 0.717) is 16.7 Å². The van der Waals surface area contributed by atoms with E-state index in [0.717, 1.165) is 5.56 Å². The molecule has 1 unspecified atom stereocenters. The zero-order valence-corrected chi connectivity index (χ0v) is 13.1. The number of carbonyl (C=O) groups is 1. The van der Waals surface area contributed by atoms with E-state index >= 15 is 0 Å². The van der Waals surface area contributed by atoms with Gasteiger partial charge in [-0.25, -0.2) is 0 Å². The van der Waals surface area contributed by atoms with E-state index in [-0.39, 0.29) is 12.4 Å². The lowest BCUT2D eigenvalue weighted by Gasteiger charge is -2.12. The van der Waals surface area contributed by atoms with Crippen LogP contribution in [0.25, 0.3) is 0 Å². The fourth-order valence-electron chi connectivity index (χ4n) is 2.40. The number of hydrogen-bond acceptors (Lipinski definition) is 3.